The summed E-state index contributed by atoms with van der Waals surface area (Å²) in [6.45, 7) is 10.6. The SMILES string of the molecule is CCC(C)(CO)CNC(CCOC)C(C)C. The molecule has 0 amide bonds. The first-order valence-corrected chi connectivity index (χ1v) is 6.32. The number of aliphatic hydroxyl groups is 1. The molecule has 0 rings (SSSR count). The highest BCUT2D eigenvalue weighted by molar-refractivity contribution is 4.79. The molecule has 2 atom stereocenters. The maximum atomic E-state index is 9.35. The minimum Gasteiger partial charge on any atom is -0.396 e. The minimum absolute atomic E-state index is 0.000210. The van der Waals surface area contributed by atoms with Crippen molar-refractivity contribution in [3.05, 3.63) is 0 Å². The van der Waals surface area contributed by atoms with Gasteiger partial charge in [-0.05, 0) is 18.8 Å². The second-order valence-electron chi connectivity index (χ2n) is 5.34. The van der Waals surface area contributed by atoms with Crippen LogP contribution in [0.25, 0.3) is 0 Å². The van der Waals surface area contributed by atoms with Gasteiger partial charge in [-0.2, -0.15) is 0 Å². The van der Waals surface area contributed by atoms with Gasteiger partial charge < -0.3 is 15.2 Å². The van der Waals surface area contributed by atoms with Gasteiger partial charge in [-0.1, -0.05) is 27.7 Å². The number of methoxy groups -OCH3 is 1. The molecular formula is C13H29NO2. The summed E-state index contributed by atoms with van der Waals surface area (Å²) < 4.78 is 5.12. The lowest BCUT2D eigenvalue weighted by molar-refractivity contribution is 0.121. The van der Waals surface area contributed by atoms with Gasteiger partial charge in [-0.25, -0.2) is 0 Å². The van der Waals surface area contributed by atoms with Crippen LogP contribution < -0.4 is 5.32 Å². The predicted molar refractivity (Wildman–Crippen MR) is 68.6 cm³/mol. The molecule has 3 heteroatoms. The Kier molecular flexibility index (Phi) is 7.98. The summed E-state index contributed by atoms with van der Waals surface area (Å²) in [5, 5.41) is 12.9. The molecule has 0 radical (unpaired) electrons. The van der Waals surface area contributed by atoms with Gasteiger partial charge in [0.1, 0.15) is 0 Å². The number of hydrogen-bond acceptors (Lipinski definition) is 3. The van der Waals surface area contributed by atoms with Crippen LogP contribution in [0, 0.1) is 11.3 Å². The second kappa shape index (κ2) is 8.04. The normalized spacial score (nSPS) is 17.4. The van der Waals surface area contributed by atoms with Crippen molar-refractivity contribution in [3.63, 3.8) is 0 Å². The van der Waals surface area contributed by atoms with E-state index in [0.717, 1.165) is 26.0 Å². The third kappa shape index (κ3) is 5.83. The number of nitrogens with one attached hydrogen (secondary N) is 1. The molecule has 16 heavy (non-hydrogen) atoms. The van der Waals surface area contributed by atoms with Crippen LogP contribution in [0.15, 0.2) is 0 Å². The van der Waals surface area contributed by atoms with Gasteiger partial charge >= 0.3 is 0 Å². The number of aliphatic hydroxyl groups excluding tert-OH is 1. The van der Waals surface area contributed by atoms with Crippen molar-refractivity contribution >= 4 is 0 Å². The first kappa shape index (κ1) is 15.9. The van der Waals surface area contributed by atoms with Crippen molar-refractivity contribution in [2.45, 2.75) is 46.6 Å². The monoisotopic (exact) mass is 231 g/mol. The fourth-order valence-electron chi connectivity index (χ4n) is 1.59. The predicted octanol–water partition coefficient (Wildman–Crippen LogP) is 2.05. The molecule has 0 aliphatic carbocycles. The first-order valence-electron chi connectivity index (χ1n) is 6.32. The lowest BCUT2D eigenvalue weighted by Gasteiger charge is -2.30. The summed E-state index contributed by atoms with van der Waals surface area (Å²) in [7, 11) is 1.74. The molecule has 0 saturated carbocycles. The summed E-state index contributed by atoms with van der Waals surface area (Å²) in [6, 6.07) is 0.470. The average Bonchev–Trinajstić information content (AvgIpc) is 2.28. The molecule has 0 aromatic carbocycles. The van der Waals surface area contributed by atoms with E-state index >= 15 is 0 Å². The van der Waals surface area contributed by atoms with Gasteiger partial charge in [0, 0.05) is 38.3 Å². The fourth-order valence-corrected chi connectivity index (χ4v) is 1.59. The molecule has 0 aliphatic heterocycles. The lowest BCUT2D eigenvalue weighted by atomic mass is 9.87. The topological polar surface area (TPSA) is 41.5 Å². The molecule has 98 valence electrons. The van der Waals surface area contributed by atoms with Crippen molar-refractivity contribution in [2.75, 3.05) is 26.9 Å². The molecule has 0 aliphatic rings. The Morgan fingerprint density at radius 3 is 2.38 bits per heavy atom. The maximum absolute atomic E-state index is 9.35. The summed E-state index contributed by atoms with van der Waals surface area (Å²) in [4.78, 5) is 0. The summed E-state index contributed by atoms with van der Waals surface area (Å²) in [6.07, 6.45) is 2.02. The standard InChI is InChI=1S/C13H29NO2/c1-6-13(4,10-15)9-14-12(11(2)3)7-8-16-5/h11-12,14-15H,6-10H2,1-5H3. The third-order valence-electron chi connectivity index (χ3n) is 3.46. The zero-order chi connectivity index (χ0) is 12.6. The molecule has 2 N–H and O–H groups in total. The summed E-state index contributed by atoms with van der Waals surface area (Å²) >= 11 is 0. The zero-order valence-electron chi connectivity index (χ0n) is 11.5. The van der Waals surface area contributed by atoms with Gasteiger partial charge in [0.25, 0.3) is 0 Å². The van der Waals surface area contributed by atoms with E-state index in [1.54, 1.807) is 7.11 Å². The van der Waals surface area contributed by atoms with Crippen LogP contribution in [0.5, 0.6) is 0 Å². The Hall–Kier alpha value is -0.120. The van der Waals surface area contributed by atoms with Crippen molar-refractivity contribution < 1.29 is 9.84 Å². The lowest BCUT2D eigenvalue weighted by Crippen LogP contribution is -2.42. The Morgan fingerprint density at radius 2 is 2.00 bits per heavy atom. The smallest absolute Gasteiger partial charge is 0.0496 e. The highest BCUT2D eigenvalue weighted by atomic mass is 16.5. The van der Waals surface area contributed by atoms with E-state index in [0.29, 0.717) is 12.0 Å². The van der Waals surface area contributed by atoms with E-state index in [1.165, 1.54) is 0 Å². The fraction of sp³-hybridized carbons (Fsp3) is 1.00. The molecule has 0 aromatic heterocycles. The van der Waals surface area contributed by atoms with Crippen molar-refractivity contribution in [3.8, 4) is 0 Å². The average molecular weight is 231 g/mol. The Labute approximate surface area is 101 Å². The van der Waals surface area contributed by atoms with E-state index in [1.807, 2.05) is 0 Å². The van der Waals surface area contributed by atoms with E-state index < -0.39 is 0 Å². The van der Waals surface area contributed by atoms with Gasteiger partial charge in [-0.15, -0.1) is 0 Å². The molecule has 0 aromatic rings. The summed E-state index contributed by atoms with van der Waals surface area (Å²) in [5.74, 6) is 0.593. The molecule has 2 unspecified atom stereocenters. The highest BCUT2D eigenvalue weighted by Crippen LogP contribution is 2.19. The Bertz CT molecular complexity index is 167. The van der Waals surface area contributed by atoms with Crippen LogP contribution in [0.2, 0.25) is 0 Å². The van der Waals surface area contributed by atoms with Crippen LogP contribution >= 0.6 is 0 Å². The van der Waals surface area contributed by atoms with Crippen LogP contribution in [-0.2, 0) is 4.74 Å². The zero-order valence-corrected chi connectivity index (χ0v) is 11.5. The van der Waals surface area contributed by atoms with E-state index in [2.05, 4.69) is 33.0 Å². The largest absolute Gasteiger partial charge is 0.396 e. The van der Waals surface area contributed by atoms with Crippen LogP contribution in [0.3, 0.4) is 0 Å². The Balaban J connectivity index is 4.09. The molecule has 0 heterocycles. The van der Waals surface area contributed by atoms with Gasteiger partial charge in [0.05, 0.1) is 0 Å². The van der Waals surface area contributed by atoms with Gasteiger partial charge in [0.2, 0.25) is 0 Å². The second-order valence-corrected chi connectivity index (χ2v) is 5.34. The van der Waals surface area contributed by atoms with Crippen LogP contribution in [0.4, 0.5) is 0 Å². The molecule has 3 nitrogen and oxygen atoms in total. The van der Waals surface area contributed by atoms with Crippen molar-refractivity contribution in [1.29, 1.82) is 0 Å². The highest BCUT2D eigenvalue weighted by Gasteiger charge is 2.23. The van der Waals surface area contributed by atoms with Crippen molar-refractivity contribution in [2.24, 2.45) is 11.3 Å². The van der Waals surface area contributed by atoms with E-state index in [-0.39, 0.29) is 12.0 Å². The van der Waals surface area contributed by atoms with Gasteiger partial charge in [0.15, 0.2) is 0 Å². The summed E-state index contributed by atoms with van der Waals surface area (Å²) in [5.41, 5.74) is 0.000210. The number of rotatable bonds is 9. The van der Waals surface area contributed by atoms with Crippen molar-refractivity contribution in [1.82, 2.24) is 5.32 Å². The van der Waals surface area contributed by atoms with Crippen LogP contribution in [0.1, 0.15) is 40.5 Å². The van der Waals surface area contributed by atoms with Crippen LogP contribution in [-0.4, -0.2) is 38.0 Å². The quantitative estimate of drug-likeness (QED) is 0.638. The molecule has 0 saturated heterocycles. The minimum atomic E-state index is 0.000210. The Morgan fingerprint density at radius 1 is 1.38 bits per heavy atom. The number of hydrogen-bond donors (Lipinski definition) is 2. The maximum Gasteiger partial charge on any atom is 0.0496 e. The third-order valence-corrected chi connectivity index (χ3v) is 3.46. The molecule has 0 fully saturated rings. The molecule has 0 spiro atoms. The first-order chi connectivity index (χ1) is 7.49. The number of ether oxygens (including phenoxy) is 1. The van der Waals surface area contributed by atoms with E-state index in [9.17, 15) is 5.11 Å². The molecular weight excluding hydrogens is 202 g/mol. The van der Waals surface area contributed by atoms with E-state index in [4.69, 9.17) is 4.74 Å². The van der Waals surface area contributed by atoms with Gasteiger partial charge in [-0.3, -0.25) is 0 Å². The molecule has 0 bridgehead atoms.